The number of aromatic nitrogens is 2. The lowest BCUT2D eigenvalue weighted by Crippen LogP contribution is -2.12. The Kier molecular flexibility index (Phi) is 8.65. The van der Waals surface area contributed by atoms with E-state index in [1.165, 1.54) is 19.3 Å². The number of ether oxygens (including phenoxy) is 1. The molecule has 0 aliphatic rings. The molecule has 3 aromatic carbocycles. The molecule has 2 N–H and O–H groups in total. The van der Waals surface area contributed by atoms with Crippen molar-refractivity contribution in [2.24, 2.45) is 0 Å². The minimum atomic E-state index is -0.185. The number of hydrogen-bond donors (Lipinski definition) is 2. The zero-order valence-electron chi connectivity index (χ0n) is 20.8. The van der Waals surface area contributed by atoms with E-state index in [1.807, 2.05) is 85.8 Å². The first kappa shape index (κ1) is 24.9. The summed E-state index contributed by atoms with van der Waals surface area (Å²) in [5.74, 6) is 1.96. The van der Waals surface area contributed by atoms with E-state index in [0.29, 0.717) is 23.8 Å². The third kappa shape index (κ3) is 7.15. The van der Waals surface area contributed by atoms with Gasteiger partial charge in [-0.2, -0.15) is 0 Å². The summed E-state index contributed by atoms with van der Waals surface area (Å²) in [4.78, 5) is 21.9. The Hall–Kier alpha value is -4.19. The number of carbonyl (C=O) groups is 1. The van der Waals surface area contributed by atoms with Crippen molar-refractivity contribution < 1.29 is 9.53 Å². The molecule has 4 rings (SSSR count). The van der Waals surface area contributed by atoms with Crippen LogP contribution in [0.5, 0.6) is 5.75 Å². The molecule has 0 fully saturated rings. The van der Waals surface area contributed by atoms with Crippen LogP contribution in [0.25, 0.3) is 11.3 Å². The van der Waals surface area contributed by atoms with Crippen molar-refractivity contribution in [1.29, 1.82) is 0 Å². The molecule has 1 amide bonds. The number of rotatable bonds is 11. The van der Waals surface area contributed by atoms with Gasteiger partial charge in [0.2, 0.25) is 0 Å². The minimum absolute atomic E-state index is 0.185. The smallest absolute Gasteiger partial charge is 0.255 e. The van der Waals surface area contributed by atoms with Crippen LogP contribution in [0, 0.1) is 6.92 Å². The highest BCUT2D eigenvalue weighted by atomic mass is 16.5. The van der Waals surface area contributed by atoms with Gasteiger partial charge < -0.3 is 15.4 Å². The number of nitrogens with one attached hydrogen (secondary N) is 2. The molecule has 6 nitrogen and oxygen atoms in total. The number of unbranched alkanes of at least 4 members (excludes halogenated alkanes) is 3. The van der Waals surface area contributed by atoms with Crippen molar-refractivity contribution in [3.63, 3.8) is 0 Å². The molecule has 184 valence electrons. The Morgan fingerprint density at radius 3 is 2.42 bits per heavy atom. The molecule has 1 aromatic heterocycles. The highest BCUT2D eigenvalue weighted by Crippen LogP contribution is 2.23. The normalized spacial score (nSPS) is 10.6. The van der Waals surface area contributed by atoms with Gasteiger partial charge in [0, 0.05) is 28.6 Å². The lowest BCUT2D eigenvalue weighted by Gasteiger charge is -2.11. The Morgan fingerprint density at radius 1 is 0.833 bits per heavy atom. The van der Waals surface area contributed by atoms with E-state index in [-0.39, 0.29) is 5.91 Å². The van der Waals surface area contributed by atoms with Gasteiger partial charge in [0.1, 0.15) is 17.4 Å². The lowest BCUT2D eigenvalue weighted by atomic mass is 10.1. The topological polar surface area (TPSA) is 76.1 Å². The second kappa shape index (κ2) is 12.5. The Balaban J connectivity index is 1.38. The molecule has 0 spiro atoms. The van der Waals surface area contributed by atoms with Crippen LogP contribution in [0.4, 0.5) is 17.2 Å². The largest absolute Gasteiger partial charge is 0.494 e. The lowest BCUT2D eigenvalue weighted by molar-refractivity contribution is 0.102. The van der Waals surface area contributed by atoms with Crippen molar-refractivity contribution in [2.45, 2.75) is 39.5 Å². The Labute approximate surface area is 212 Å². The van der Waals surface area contributed by atoms with Crippen LogP contribution in [-0.2, 0) is 0 Å². The van der Waals surface area contributed by atoms with Crippen LogP contribution < -0.4 is 15.4 Å². The highest BCUT2D eigenvalue weighted by Gasteiger charge is 2.09. The maximum absolute atomic E-state index is 12.9. The fourth-order valence-electron chi connectivity index (χ4n) is 3.83. The molecule has 0 saturated carbocycles. The van der Waals surface area contributed by atoms with Gasteiger partial charge in [0.15, 0.2) is 0 Å². The number of nitrogens with zero attached hydrogens (tertiary/aromatic N) is 2. The number of aryl methyl sites for hydroxylation is 1. The van der Waals surface area contributed by atoms with E-state index in [4.69, 9.17) is 4.74 Å². The molecule has 0 aliphatic carbocycles. The molecule has 0 radical (unpaired) electrons. The third-order valence-electron chi connectivity index (χ3n) is 5.68. The quantitative estimate of drug-likeness (QED) is 0.219. The van der Waals surface area contributed by atoms with Gasteiger partial charge in [-0.3, -0.25) is 4.79 Å². The Bertz CT molecular complexity index is 1270. The summed E-state index contributed by atoms with van der Waals surface area (Å²) in [5.41, 5.74) is 3.90. The predicted octanol–water partition coefficient (Wildman–Crippen LogP) is 7.41. The first-order chi connectivity index (χ1) is 17.6. The fourth-order valence-corrected chi connectivity index (χ4v) is 3.83. The van der Waals surface area contributed by atoms with Crippen molar-refractivity contribution in [3.8, 4) is 17.0 Å². The second-order valence-electron chi connectivity index (χ2n) is 8.65. The summed E-state index contributed by atoms with van der Waals surface area (Å²) in [6.45, 7) is 4.77. The van der Waals surface area contributed by atoms with Crippen LogP contribution in [-0.4, -0.2) is 22.5 Å². The molecular formula is C30H32N4O2. The first-order valence-electron chi connectivity index (χ1n) is 12.4. The van der Waals surface area contributed by atoms with Crippen LogP contribution in [0.15, 0.2) is 84.9 Å². The van der Waals surface area contributed by atoms with Crippen molar-refractivity contribution in [2.75, 3.05) is 17.2 Å². The van der Waals surface area contributed by atoms with Crippen LogP contribution in [0.3, 0.4) is 0 Å². The average molecular weight is 481 g/mol. The molecule has 0 saturated heterocycles. The zero-order chi connectivity index (χ0) is 25.2. The molecular weight excluding hydrogens is 448 g/mol. The number of amides is 1. The van der Waals surface area contributed by atoms with Gasteiger partial charge in [-0.05, 0) is 55.8 Å². The van der Waals surface area contributed by atoms with Crippen molar-refractivity contribution in [1.82, 2.24) is 9.97 Å². The summed E-state index contributed by atoms with van der Waals surface area (Å²) in [6.07, 6.45) is 4.68. The molecule has 0 atom stereocenters. The van der Waals surface area contributed by atoms with E-state index in [9.17, 15) is 4.79 Å². The van der Waals surface area contributed by atoms with E-state index in [0.717, 1.165) is 34.8 Å². The van der Waals surface area contributed by atoms with Crippen LogP contribution >= 0.6 is 0 Å². The summed E-state index contributed by atoms with van der Waals surface area (Å²) < 4.78 is 5.78. The Morgan fingerprint density at radius 2 is 1.64 bits per heavy atom. The van der Waals surface area contributed by atoms with Gasteiger partial charge >= 0.3 is 0 Å². The molecule has 0 aliphatic heterocycles. The van der Waals surface area contributed by atoms with Crippen molar-refractivity contribution >= 4 is 23.1 Å². The zero-order valence-corrected chi connectivity index (χ0v) is 20.8. The highest BCUT2D eigenvalue weighted by molar-refractivity contribution is 6.04. The number of benzene rings is 3. The maximum atomic E-state index is 12.9. The SMILES string of the molecule is CCCCCCOc1ccc(NC(=O)c2cccc(Nc3cc(-c4ccccc4)nc(C)n3)c2)cc1. The average Bonchev–Trinajstić information content (AvgIpc) is 2.90. The number of hydrogen-bond acceptors (Lipinski definition) is 5. The van der Waals surface area contributed by atoms with Crippen LogP contribution in [0.1, 0.15) is 48.8 Å². The fraction of sp³-hybridized carbons (Fsp3) is 0.233. The van der Waals surface area contributed by atoms with E-state index in [2.05, 4.69) is 27.5 Å². The molecule has 0 unspecified atom stereocenters. The molecule has 0 bridgehead atoms. The van der Waals surface area contributed by atoms with Gasteiger partial charge in [-0.1, -0.05) is 62.6 Å². The molecule has 4 aromatic rings. The van der Waals surface area contributed by atoms with E-state index >= 15 is 0 Å². The molecule has 6 heteroatoms. The minimum Gasteiger partial charge on any atom is -0.494 e. The monoisotopic (exact) mass is 480 g/mol. The van der Waals surface area contributed by atoms with Gasteiger partial charge in [0.25, 0.3) is 5.91 Å². The summed E-state index contributed by atoms with van der Waals surface area (Å²) >= 11 is 0. The molecule has 36 heavy (non-hydrogen) atoms. The first-order valence-corrected chi connectivity index (χ1v) is 12.4. The van der Waals surface area contributed by atoms with Crippen molar-refractivity contribution in [3.05, 3.63) is 96.3 Å². The molecule has 1 heterocycles. The standard InChI is InChI=1S/C30H32N4O2/c1-3-4-5-9-19-36-27-17-15-25(16-18-27)34-30(35)24-13-10-14-26(20-24)33-29-21-28(31-22(2)32-29)23-11-7-6-8-12-23/h6-8,10-18,20-21H,3-5,9,19H2,1-2H3,(H,34,35)(H,31,32,33). The van der Waals surface area contributed by atoms with E-state index < -0.39 is 0 Å². The van der Waals surface area contributed by atoms with Gasteiger partial charge in [0.05, 0.1) is 12.3 Å². The summed E-state index contributed by atoms with van der Waals surface area (Å²) in [5, 5.41) is 6.26. The predicted molar refractivity (Wildman–Crippen MR) is 146 cm³/mol. The maximum Gasteiger partial charge on any atom is 0.255 e. The number of anilines is 3. The van der Waals surface area contributed by atoms with E-state index in [1.54, 1.807) is 6.07 Å². The number of carbonyl (C=O) groups excluding carboxylic acids is 1. The second-order valence-corrected chi connectivity index (χ2v) is 8.65. The van der Waals surface area contributed by atoms with Crippen LogP contribution in [0.2, 0.25) is 0 Å². The third-order valence-corrected chi connectivity index (χ3v) is 5.68. The van der Waals surface area contributed by atoms with Gasteiger partial charge in [-0.25, -0.2) is 9.97 Å². The van der Waals surface area contributed by atoms with Gasteiger partial charge in [-0.15, -0.1) is 0 Å². The summed E-state index contributed by atoms with van der Waals surface area (Å²) in [7, 11) is 0. The summed E-state index contributed by atoms with van der Waals surface area (Å²) in [6, 6.07) is 26.7.